The SMILES string of the molecule is C=C(O)C(N)Cc1cn(C)c2c(Br)cccc12.CC. The Bertz CT molecular complexity index is 575. The van der Waals surface area contributed by atoms with Gasteiger partial charge in [0.1, 0.15) is 5.76 Å². The normalized spacial score (nSPS) is 11.8. The Morgan fingerprint density at radius 1 is 1.47 bits per heavy atom. The highest BCUT2D eigenvalue weighted by Gasteiger charge is 2.13. The number of benzene rings is 1. The number of rotatable bonds is 3. The van der Waals surface area contributed by atoms with Crippen LogP contribution in [0.15, 0.2) is 41.2 Å². The third-order valence-corrected chi connectivity index (χ3v) is 3.54. The summed E-state index contributed by atoms with van der Waals surface area (Å²) >= 11 is 3.54. The second-order valence-electron chi connectivity index (χ2n) is 4.20. The Balaban J connectivity index is 0.000000861. The molecule has 0 spiro atoms. The van der Waals surface area contributed by atoms with E-state index in [0.29, 0.717) is 6.42 Å². The summed E-state index contributed by atoms with van der Waals surface area (Å²) in [5.41, 5.74) is 8.07. The predicted molar refractivity (Wildman–Crippen MR) is 85.4 cm³/mol. The third-order valence-electron chi connectivity index (χ3n) is 2.90. The van der Waals surface area contributed by atoms with Gasteiger partial charge in [0, 0.05) is 23.1 Å². The Hall–Kier alpha value is -1.26. The zero-order valence-corrected chi connectivity index (χ0v) is 13.2. The van der Waals surface area contributed by atoms with Crippen LogP contribution < -0.4 is 5.73 Å². The first-order chi connectivity index (χ1) is 9.00. The average Bonchev–Trinajstić information content (AvgIpc) is 2.70. The predicted octanol–water partition coefficient (Wildman–Crippen LogP) is 3.91. The van der Waals surface area contributed by atoms with Crippen molar-refractivity contribution in [2.45, 2.75) is 26.3 Å². The molecule has 2 aromatic rings. The summed E-state index contributed by atoms with van der Waals surface area (Å²) < 4.78 is 3.11. The molecule has 0 amide bonds. The van der Waals surface area contributed by atoms with Gasteiger partial charge >= 0.3 is 0 Å². The van der Waals surface area contributed by atoms with Crippen LogP contribution in [0.4, 0.5) is 0 Å². The van der Waals surface area contributed by atoms with E-state index in [1.165, 1.54) is 0 Å². The lowest BCUT2D eigenvalue weighted by molar-refractivity contribution is 0.369. The van der Waals surface area contributed by atoms with Gasteiger partial charge in [0.15, 0.2) is 0 Å². The minimum atomic E-state index is -0.417. The molecule has 1 unspecified atom stereocenters. The summed E-state index contributed by atoms with van der Waals surface area (Å²) in [5.74, 6) is 0.0250. The maximum absolute atomic E-state index is 9.28. The lowest BCUT2D eigenvalue weighted by atomic mass is 10.0. The van der Waals surface area contributed by atoms with Crippen LogP contribution in [0.2, 0.25) is 0 Å². The Morgan fingerprint density at radius 3 is 2.68 bits per heavy atom. The lowest BCUT2D eigenvalue weighted by Gasteiger charge is -2.08. The van der Waals surface area contributed by atoms with E-state index in [-0.39, 0.29) is 5.76 Å². The third kappa shape index (κ3) is 3.39. The monoisotopic (exact) mass is 324 g/mol. The van der Waals surface area contributed by atoms with Gasteiger partial charge in [-0.05, 0) is 34.0 Å². The second kappa shape index (κ2) is 6.78. The van der Waals surface area contributed by atoms with Gasteiger partial charge in [-0.1, -0.05) is 32.6 Å². The molecule has 3 nitrogen and oxygen atoms in total. The van der Waals surface area contributed by atoms with E-state index in [9.17, 15) is 5.11 Å². The number of hydrogen-bond donors (Lipinski definition) is 2. The average molecular weight is 325 g/mol. The zero-order chi connectivity index (χ0) is 14.6. The highest BCUT2D eigenvalue weighted by molar-refractivity contribution is 9.10. The van der Waals surface area contributed by atoms with Crippen LogP contribution in [-0.4, -0.2) is 15.7 Å². The van der Waals surface area contributed by atoms with E-state index < -0.39 is 6.04 Å². The number of halogens is 1. The van der Waals surface area contributed by atoms with Crippen molar-refractivity contribution < 1.29 is 5.11 Å². The topological polar surface area (TPSA) is 51.2 Å². The molecule has 0 saturated heterocycles. The van der Waals surface area contributed by atoms with Crippen molar-refractivity contribution in [1.82, 2.24) is 4.57 Å². The van der Waals surface area contributed by atoms with Gasteiger partial charge < -0.3 is 15.4 Å². The van der Waals surface area contributed by atoms with E-state index in [4.69, 9.17) is 5.73 Å². The van der Waals surface area contributed by atoms with Crippen LogP contribution in [-0.2, 0) is 13.5 Å². The van der Waals surface area contributed by atoms with Crippen molar-refractivity contribution >= 4 is 26.8 Å². The number of aromatic nitrogens is 1. The zero-order valence-electron chi connectivity index (χ0n) is 11.7. The van der Waals surface area contributed by atoms with Crippen LogP contribution in [0.5, 0.6) is 0 Å². The summed E-state index contributed by atoms with van der Waals surface area (Å²) in [6, 6.07) is 5.65. The van der Waals surface area contributed by atoms with Crippen molar-refractivity contribution in [2.75, 3.05) is 0 Å². The number of fused-ring (bicyclic) bond motifs is 1. The molecule has 0 fully saturated rings. The number of aliphatic hydroxyl groups excluding tert-OH is 1. The molecule has 2 rings (SSSR count). The fraction of sp³-hybridized carbons (Fsp3) is 0.333. The van der Waals surface area contributed by atoms with Gasteiger partial charge in [-0.2, -0.15) is 0 Å². The molecular weight excluding hydrogens is 304 g/mol. The molecule has 0 saturated carbocycles. The second-order valence-corrected chi connectivity index (χ2v) is 5.06. The van der Waals surface area contributed by atoms with Gasteiger partial charge in [-0.3, -0.25) is 0 Å². The minimum Gasteiger partial charge on any atom is -0.511 e. The van der Waals surface area contributed by atoms with Crippen LogP contribution in [0.3, 0.4) is 0 Å². The van der Waals surface area contributed by atoms with Crippen molar-refractivity contribution in [1.29, 1.82) is 0 Å². The Labute approximate surface area is 122 Å². The van der Waals surface area contributed by atoms with Gasteiger partial charge in [-0.15, -0.1) is 0 Å². The van der Waals surface area contributed by atoms with Crippen molar-refractivity contribution in [3.05, 3.63) is 46.8 Å². The van der Waals surface area contributed by atoms with Gasteiger partial charge in [0.25, 0.3) is 0 Å². The molecule has 1 aromatic carbocycles. The van der Waals surface area contributed by atoms with Gasteiger partial charge in [-0.25, -0.2) is 0 Å². The van der Waals surface area contributed by atoms with Crippen molar-refractivity contribution in [3.8, 4) is 0 Å². The highest BCUT2D eigenvalue weighted by atomic mass is 79.9. The maximum atomic E-state index is 9.28. The smallest absolute Gasteiger partial charge is 0.102 e. The minimum absolute atomic E-state index is 0.0250. The molecule has 3 N–H and O–H groups in total. The van der Waals surface area contributed by atoms with Crippen LogP contribution in [0, 0.1) is 0 Å². The fourth-order valence-corrected chi connectivity index (χ4v) is 2.66. The largest absolute Gasteiger partial charge is 0.511 e. The Kier molecular flexibility index (Phi) is 5.63. The molecule has 0 aliphatic rings. The van der Waals surface area contributed by atoms with Crippen LogP contribution in [0.1, 0.15) is 19.4 Å². The maximum Gasteiger partial charge on any atom is 0.102 e. The molecule has 1 aromatic heterocycles. The fourth-order valence-electron chi connectivity index (χ4n) is 2.02. The summed E-state index contributed by atoms with van der Waals surface area (Å²) in [6.07, 6.45) is 2.63. The summed E-state index contributed by atoms with van der Waals surface area (Å²) in [5, 5.41) is 10.4. The molecule has 104 valence electrons. The van der Waals surface area contributed by atoms with Crippen molar-refractivity contribution in [2.24, 2.45) is 12.8 Å². The number of aryl methyl sites for hydroxylation is 1. The molecule has 1 atom stereocenters. The molecule has 4 heteroatoms. The first-order valence-electron chi connectivity index (χ1n) is 6.36. The molecule has 0 aliphatic carbocycles. The molecule has 1 heterocycles. The number of nitrogens with zero attached hydrogens (tertiary/aromatic N) is 1. The molecule has 0 radical (unpaired) electrons. The van der Waals surface area contributed by atoms with E-state index >= 15 is 0 Å². The summed E-state index contributed by atoms with van der Waals surface area (Å²) in [4.78, 5) is 0. The van der Waals surface area contributed by atoms with E-state index in [1.54, 1.807) is 0 Å². The number of hydrogen-bond acceptors (Lipinski definition) is 2. The molecular formula is C15H21BrN2O. The lowest BCUT2D eigenvalue weighted by Crippen LogP contribution is -2.24. The number of aliphatic hydroxyl groups is 1. The highest BCUT2D eigenvalue weighted by Crippen LogP contribution is 2.28. The molecule has 19 heavy (non-hydrogen) atoms. The van der Waals surface area contributed by atoms with E-state index in [0.717, 1.165) is 20.9 Å². The molecule has 0 aliphatic heterocycles. The number of nitrogens with two attached hydrogens (primary N) is 1. The van der Waals surface area contributed by atoms with Gasteiger partial charge in [0.2, 0.25) is 0 Å². The first-order valence-corrected chi connectivity index (χ1v) is 7.15. The Morgan fingerprint density at radius 2 is 2.11 bits per heavy atom. The summed E-state index contributed by atoms with van der Waals surface area (Å²) in [6.45, 7) is 7.47. The quantitative estimate of drug-likeness (QED) is 0.841. The van der Waals surface area contributed by atoms with Crippen LogP contribution in [0.25, 0.3) is 10.9 Å². The molecule has 0 bridgehead atoms. The van der Waals surface area contributed by atoms with Crippen molar-refractivity contribution in [3.63, 3.8) is 0 Å². The van der Waals surface area contributed by atoms with E-state index in [2.05, 4.69) is 33.1 Å². The first kappa shape index (κ1) is 15.8. The van der Waals surface area contributed by atoms with Crippen LogP contribution >= 0.6 is 15.9 Å². The summed E-state index contributed by atoms with van der Waals surface area (Å²) in [7, 11) is 2.00. The van der Waals surface area contributed by atoms with Gasteiger partial charge in [0.05, 0.1) is 11.6 Å². The van der Waals surface area contributed by atoms with E-state index in [1.807, 2.05) is 39.2 Å². The standard InChI is InChI=1S/C13H15BrN2O.C2H6/c1-8(17)12(15)6-9-7-16(2)13-10(9)4-3-5-11(13)14;1-2/h3-5,7,12,17H,1,6,15H2,2H3;1-2H3. The number of para-hydroxylation sites is 1.